The summed E-state index contributed by atoms with van der Waals surface area (Å²) < 4.78 is 30.6. The number of aliphatic hydroxyl groups is 1. The van der Waals surface area contributed by atoms with Gasteiger partial charge < -0.3 is 20.5 Å². The number of methoxy groups -OCH3 is 1. The van der Waals surface area contributed by atoms with Crippen LogP contribution in [0.15, 0.2) is 23.1 Å². The summed E-state index contributed by atoms with van der Waals surface area (Å²) in [5, 5.41) is 9.16. The Bertz CT molecular complexity index is 561. The lowest BCUT2D eigenvalue weighted by molar-refractivity contribution is 0.203. The number of hydrogen-bond donors (Lipinski definition) is 2. The van der Waals surface area contributed by atoms with Crippen LogP contribution in [0, 0.1) is 0 Å². The van der Waals surface area contributed by atoms with Gasteiger partial charge in [0.2, 0.25) is 10.0 Å². The number of aliphatic hydroxyl groups excluding tert-OH is 1. The van der Waals surface area contributed by atoms with Crippen LogP contribution in [0.4, 0.5) is 11.4 Å². The maximum Gasteiger partial charge on any atom is 0.244 e. The topological polar surface area (TPSA) is 96.1 Å². The minimum Gasteiger partial charge on any atom is -0.396 e. The SMILES string of the molecule is COCCN(CCO)c1cccc(S(=O)(=O)N(C)C)c1N. The number of nitrogens with zero attached hydrogens (tertiary/aromatic N) is 2. The third-order valence-electron chi connectivity index (χ3n) is 3.08. The van der Waals surface area contributed by atoms with Crippen LogP contribution in [-0.2, 0) is 14.8 Å². The molecular formula is C13H23N3O4S. The van der Waals surface area contributed by atoms with Gasteiger partial charge in [-0.05, 0) is 12.1 Å². The van der Waals surface area contributed by atoms with E-state index in [0.29, 0.717) is 25.4 Å². The fraction of sp³-hybridized carbons (Fsp3) is 0.538. The Kier molecular flexibility index (Phi) is 6.41. The van der Waals surface area contributed by atoms with E-state index in [1.54, 1.807) is 24.1 Å². The van der Waals surface area contributed by atoms with Gasteiger partial charge in [-0.25, -0.2) is 12.7 Å². The van der Waals surface area contributed by atoms with Crippen molar-refractivity contribution in [3.63, 3.8) is 0 Å². The molecule has 0 aliphatic rings. The summed E-state index contributed by atoms with van der Waals surface area (Å²) in [6.07, 6.45) is 0. The molecule has 0 bridgehead atoms. The molecule has 0 unspecified atom stereocenters. The van der Waals surface area contributed by atoms with E-state index in [1.807, 2.05) is 0 Å². The molecule has 0 spiro atoms. The number of sulfonamides is 1. The van der Waals surface area contributed by atoms with Crippen molar-refractivity contribution >= 4 is 21.4 Å². The molecule has 0 saturated heterocycles. The summed E-state index contributed by atoms with van der Waals surface area (Å²) in [6.45, 7) is 1.24. The number of para-hydroxylation sites is 1. The number of rotatable bonds is 8. The van der Waals surface area contributed by atoms with E-state index in [2.05, 4.69) is 0 Å². The highest BCUT2D eigenvalue weighted by atomic mass is 32.2. The smallest absolute Gasteiger partial charge is 0.244 e. The van der Waals surface area contributed by atoms with Gasteiger partial charge in [0.05, 0.1) is 24.6 Å². The molecule has 0 saturated carbocycles. The van der Waals surface area contributed by atoms with E-state index >= 15 is 0 Å². The first-order valence-corrected chi connectivity index (χ1v) is 7.96. The molecule has 0 heterocycles. The molecule has 21 heavy (non-hydrogen) atoms. The molecule has 0 fully saturated rings. The lowest BCUT2D eigenvalue weighted by Gasteiger charge is -2.26. The van der Waals surface area contributed by atoms with Gasteiger partial charge in [0.15, 0.2) is 0 Å². The average Bonchev–Trinajstić information content (AvgIpc) is 2.43. The lowest BCUT2D eigenvalue weighted by atomic mass is 10.2. The van der Waals surface area contributed by atoms with Gasteiger partial charge in [0, 0.05) is 34.3 Å². The molecule has 1 aromatic rings. The molecule has 1 aromatic carbocycles. The van der Waals surface area contributed by atoms with Gasteiger partial charge in [-0.1, -0.05) is 6.07 Å². The van der Waals surface area contributed by atoms with E-state index in [9.17, 15) is 8.42 Å². The Hall–Kier alpha value is -1.35. The van der Waals surface area contributed by atoms with Crippen LogP contribution in [0.5, 0.6) is 0 Å². The Morgan fingerprint density at radius 3 is 2.48 bits per heavy atom. The van der Waals surface area contributed by atoms with Gasteiger partial charge in [-0.2, -0.15) is 0 Å². The van der Waals surface area contributed by atoms with Crippen molar-refractivity contribution in [3.8, 4) is 0 Å². The van der Waals surface area contributed by atoms with E-state index < -0.39 is 10.0 Å². The number of hydrogen-bond acceptors (Lipinski definition) is 6. The third-order valence-corrected chi connectivity index (χ3v) is 4.95. The predicted molar refractivity (Wildman–Crippen MR) is 82.9 cm³/mol. The third kappa shape index (κ3) is 4.07. The fourth-order valence-electron chi connectivity index (χ4n) is 1.90. The molecule has 0 aromatic heterocycles. The average molecular weight is 317 g/mol. The van der Waals surface area contributed by atoms with E-state index in [-0.39, 0.29) is 17.2 Å². The van der Waals surface area contributed by atoms with Crippen molar-refractivity contribution in [2.24, 2.45) is 0 Å². The fourth-order valence-corrected chi connectivity index (χ4v) is 2.93. The Morgan fingerprint density at radius 1 is 1.29 bits per heavy atom. The lowest BCUT2D eigenvalue weighted by Crippen LogP contribution is -2.31. The van der Waals surface area contributed by atoms with E-state index in [4.69, 9.17) is 15.6 Å². The van der Waals surface area contributed by atoms with Crippen molar-refractivity contribution < 1.29 is 18.3 Å². The first-order valence-electron chi connectivity index (χ1n) is 6.52. The minimum atomic E-state index is -3.61. The van der Waals surface area contributed by atoms with Gasteiger partial charge >= 0.3 is 0 Å². The van der Waals surface area contributed by atoms with E-state index in [0.717, 1.165) is 4.31 Å². The molecular weight excluding hydrogens is 294 g/mol. The van der Waals surface area contributed by atoms with Gasteiger partial charge in [0.1, 0.15) is 4.90 Å². The van der Waals surface area contributed by atoms with Crippen LogP contribution in [0.2, 0.25) is 0 Å². The molecule has 0 atom stereocenters. The van der Waals surface area contributed by atoms with Crippen LogP contribution in [-0.4, -0.2) is 65.3 Å². The summed E-state index contributed by atoms with van der Waals surface area (Å²) in [7, 11) is 0.878. The molecule has 8 heteroatoms. The normalized spacial score (nSPS) is 11.9. The van der Waals surface area contributed by atoms with Gasteiger partial charge in [0.25, 0.3) is 0 Å². The number of anilines is 2. The first kappa shape index (κ1) is 17.7. The van der Waals surface area contributed by atoms with Crippen molar-refractivity contribution in [3.05, 3.63) is 18.2 Å². The standard InChI is InChI=1S/C13H23N3O4S/c1-15(2)21(18,19)12-6-4-5-11(13(12)14)16(7-9-17)8-10-20-3/h4-6,17H,7-10,14H2,1-3H3. The van der Waals surface area contributed by atoms with Crippen molar-refractivity contribution in [1.29, 1.82) is 0 Å². The van der Waals surface area contributed by atoms with Crippen molar-refractivity contribution in [2.75, 3.05) is 58.1 Å². The number of ether oxygens (including phenoxy) is 1. The highest BCUT2D eigenvalue weighted by Gasteiger charge is 2.23. The summed E-state index contributed by atoms with van der Waals surface area (Å²) in [5.41, 5.74) is 6.79. The van der Waals surface area contributed by atoms with Crippen LogP contribution < -0.4 is 10.6 Å². The maximum absolute atomic E-state index is 12.3. The molecule has 0 aliphatic carbocycles. The molecule has 3 N–H and O–H groups in total. The minimum absolute atomic E-state index is 0.0605. The van der Waals surface area contributed by atoms with Gasteiger partial charge in [-0.3, -0.25) is 0 Å². The summed E-state index contributed by atoms with van der Waals surface area (Å²) in [5.74, 6) is 0. The Morgan fingerprint density at radius 2 is 1.95 bits per heavy atom. The van der Waals surface area contributed by atoms with Crippen LogP contribution in [0.25, 0.3) is 0 Å². The quantitative estimate of drug-likeness (QED) is 0.653. The predicted octanol–water partition coefficient (Wildman–Crippen LogP) is -0.0358. The van der Waals surface area contributed by atoms with Crippen molar-refractivity contribution in [1.82, 2.24) is 4.31 Å². The second kappa shape index (κ2) is 7.60. The second-order valence-corrected chi connectivity index (χ2v) is 6.80. The molecule has 0 amide bonds. The summed E-state index contributed by atoms with van der Waals surface area (Å²) >= 11 is 0. The van der Waals surface area contributed by atoms with Crippen LogP contribution >= 0.6 is 0 Å². The summed E-state index contributed by atoms with van der Waals surface area (Å²) in [6, 6.07) is 4.84. The molecule has 120 valence electrons. The molecule has 0 aliphatic heterocycles. The highest BCUT2D eigenvalue weighted by Crippen LogP contribution is 2.30. The molecule has 0 radical (unpaired) electrons. The zero-order chi connectivity index (χ0) is 16.0. The zero-order valence-electron chi connectivity index (χ0n) is 12.6. The largest absolute Gasteiger partial charge is 0.396 e. The van der Waals surface area contributed by atoms with Crippen LogP contribution in [0.1, 0.15) is 0 Å². The molecule has 7 nitrogen and oxygen atoms in total. The number of nitrogen functional groups attached to an aromatic ring is 1. The zero-order valence-corrected chi connectivity index (χ0v) is 13.4. The van der Waals surface area contributed by atoms with Crippen LogP contribution in [0.3, 0.4) is 0 Å². The highest BCUT2D eigenvalue weighted by molar-refractivity contribution is 7.89. The Balaban J connectivity index is 3.25. The Labute approximate surface area is 126 Å². The molecule has 1 rings (SSSR count). The van der Waals surface area contributed by atoms with Crippen molar-refractivity contribution in [2.45, 2.75) is 4.90 Å². The second-order valence-electron chi connectivity index (χ2n) is 4.68. The first-order chi connectivity index (χ1) is 9.86. The monoisotopic (exact) mass is 317 g/mol. The number of benzene rings is 1. The number of nitrogens with two attached hydrogens (primary N) is 1. The summed E-state index contributed by atoms with van der Waals surface area (Å²) in [4.78, 5) is 1.86. The van der Waals surface area contributed by atoms with Gasteiger partial charge in [-0.15, -0.1) is 0 Å². The van der Waals surface area contributed by atoms with E-state index in [1.165, 1.54) is 20.2 Å². The maximum atomic E-state index is 12.3.